The third-order valence-electron chi connectivity index (χ3n) is 1.40. The largest absolute Gasteiger partial charge is 0.274 e. The minimum atomic E-state index is 0. The number of aryl methyl sites for hydroxylation is 1. The van der Waals surface area contributed by atoms with E-state index in [0.717, 1.165) is 5.82 Å². The normalized spacial score (nSPS) is 8.91. The summed E-state index contributed by atoms with van der Waals surface area (Å²) in [7, 11) is 0. The predicted octanol–water partition coefficient (Wildman–Crippen LogP) is 1.82. The molecule has 0 radical (unpaired) electrons. The lowest BCUT2D eigenvalue weighted by Crippen LogP contribution is -2.09. The van der Waals surface area contributed by atoms with E-state index < -0.39 is 0 Å². The summed E-state index contributed by atoms with van der Waals surface area (Å²) in [5.41, 5.74) is 0. The van der Waals surface area contributed by atoms with Gasteiger partial charge in [0, 0.05) is 18.8 Å². The van der Waals surface area contributed by atoms with Crippen LogP contribution in [0.3, 0.4) is 0 Å². The quantitative estimate of drug-likeness (QED) is 0.722. The summed E-state index contributed by atoms with van der Waals surface area (Å²) in [5.74, 6) is 0.849. The SMILES string of the molecule is Br.CCC(=O)n1ccnc1C. The molecule has 0 aliphatic heterocycles. The minimum absolute atomic E-state index is 0. The first-order valence-corrected chi connectivity index (χ1v) is 3.29. The van der Waals surface area contributed by atoms with E-state index in [-0.39, 0.29) is 22.9 Å². The van der Waals surface area contributed by atoms with E-state index in [9.17, 15) is 4.79 Å². The summed E-state index contributed by atoms with van der Waals surface area (Å²) >= 11 is 0. The zero-order valence-electron chi connectivity index (χ0n) is 6.57. The van der Waals surface area contributed by atoms with Crippen molar-refractivity contribution in [1.29, 1.82) is 0 Å². The zero-order chi connectivity index (χ0) is 7.56. The van der Waals surface area contributed by atoms with Crippen LogP contribution >= 0.6 is 17.0 Å². The molecule has 1 aromatic rings. The maximum Gasteiger partial charge on any atom is 0.231 e. The minimum Gasteiger partial charge on any atom is -0.274 e. The van der Waals surface area contributed by atoms with Gasteiger partial charge in [-0.2, -0.15) is 0 Å². The van der Waals surface area contributed by atoms with Gasteiger partial charge in [-0.3, -0.25) is 9.36 Å². The van der Waals surface area contributed by atoms with Crippen LogP contribution in [0.15, 0.2) is 12.4 Å². The number of hydrogen-bond acceptors (Lipinski definition) is 2. The Morgan fingerprint density at radius 3 is 2.73 bits per heavy atom. The van der Waals surface area contributed by atoms with E-state index in [2.05, 4.69) is 4.98 Å². The van der Waals surface area contributed by atoms with Crippen molar-refractivity contribution in [2.45, 2.75) is 20.3 Å². The standard InChI is InChI=1S/C7H10N2O.BrH/c1-3-7(10)9-5-4-8-6(9)2;/h4-5H,3H2,1-2H3;1H. The van der Waals surface area contributed by atoms with Gasteiger partial charge < -0.3 is 0 Å². The number of carbonyl (C=O) groups excluding carboxylic acids is 1. The van der Waals surface area contributed by atoms with Crippen LogP contribution in [0.2, 0.25) is 0 Å². The van der Waals surface area contributed by atoms with E-state index >= 15 is 0 Å². The van der Waals surface area contributed by atoms with E-state index in [1.54, 1.807) is 17.0 Å². The molecule has 0 fully saturated rings. The summed E-state index contributed by atoms with van der Waals surface area (Å²) in [6.07, 6.45) is 3.83. The summed E-state index contributed by atoms with van der Waals surface area (Å²) in [6, 6.07) is 0. The molecule has 1 heterocycles. The van der Waals surface area contributed by atoms with Crippen molar-refractivity contribution in [3.63, 3.8) is 0 Å². The molecule has 4 heteroatoms. The fraction of sp³-hybridized carbons (Fsp3) is 0.429. The maximum absolute atomic E-state index is 11.0. The number of hydrogen-bond donors (Lipinski definition) is 0. The molecule has 0 unspecified atom stereocenters. The van der Waals surface area contributed by atoms with Gasteiger partial charge in [0.2, 0.25) is 5.91 Å². The van der Waals surface area contributed by atoms with Gasteiger partial charge in [0.25, 0.3) is 0 Å². The Kier molecular flexibility index (Phi) is 4.03. The highest BCUT2D eigenvalue weighted by molar-refractivity contribution is 8.93. The Labute approximate surface area is 76.2 Å². The van der Waals surface area contributed by atoms with Gasteiger partial charge in [0.1, 0.15) is 5.82 Å². The molecule has 0 bridgehead atoms. The van der Waals surface area contributed by atoms with Crippen LogP contribution in [0, 0.1) is 6.92 Å². The molecular formula is C7H11BrN2O. The molecule has 0 aliphatic rings. The topological polar surface area (TPSA) is 34.9 Å². The second kappa shape index (κ2) is 4.28. The van der Waals surface area contributed by atoms with Crippen molar-refractivity contribution in [2.24, 2.45) is 0 Å². The summed E-state index contributed by atoms with van der Waals surface area (Å²) in [4.78, 5) is 14.9. The van der Waals surface area contributed by atoms with E-state index in [4.69, 9.17) is 0 Å². The molecular weight excluding hydrogens is 208 g/mol. The van der Waals surface area contributed by atoms with Crippen LogP contribution in [0.1, 0.15) is 24.0 Å². The predicted molar refractivity (Wildman–Crippen MR) is 48.2 cm³/mol. The summed E-state index contributed by atoms with van der Waals surface area (Å²) in [6.45, 7) is 3.65. The van der Waals surface area contributed by atoms with Crippen LogP contribution < -0.4 is 0 Å². The van der Waals surface area contributed by atoms with Gasteiger partial charge in [-0.25, -0.2) is 4.98 Å². The molecule has 0 atom stereocenters. The van der Waals surface area contributed by atoms with E-state index in [1.165, 1.54) is 0 Å². The molecule has 0 aromatic carbocycles. The molecule has 0 spiro atoms. The molecule has 0 saturated heterocycles. The number of imidazole rings is 1. The molecule has 1 aromatic heterocycles. The van der Waals surface area contributed by atoms with Gasteiger partial charge in [-0.15, -0.1) is 17.0 Å². The molecule has 0 N–H and O–H groups in total. The van der Waals surface area contributed by atoms with E-state index in [1.807, 2.05) is 13.8 Å². The highest BCUT2D eigenvalue weighted by Crippen LogP contribution is 1.96. The van der Waals surface area contributed by atoms with Crippen LogP contribution in [0.4, 0.5) is 0 Å². The van der Waals surface area contributed by atoms with Crippen LogP contribution in [-0.2, 0) is 0 Å². The van der Waals surface area contributed by atoms with Crippen LogP contribution in [0.25, 0.3) is 0 Å². The molecule has 0 amide bonds. The third kappa shape index (κ3) is 2.15. The smallest absolute Gasteiger partial charge is 0.231 e. The first kappa shape index (κ1) is 10.4. The number of nitrogens with zero attached hydrogens (tertiary/aromatic N) is 2. The number of aromatic nitrogens is 2. The fourth-order valence-corrected chi connectivity index (χ4v) is 0.812. The monoisotopic (exact) mass is 218 g/mol. The van der Waals surface area contributed by atoms with Crippen molar-refractivity contribution in [1.82, 2.24) is 9.55 Å². The highest BCUT2D eigenvalue weighted by Gasteiger charge is 2.02. The lowest BCUT2D eigenvalue weighted by molar-refractivity contribution is 0.0906. The molecule has 62 valence electrons. The Morgan fingerprint density at radius 1 is 1.73 bits per heavy atom. The summed E-state index contributed by atoms with van der Waals surface area (Å²) < 4.78 is 1.56. The van der Waals surface area contributed by atoms with Gasteiger partial charge in [0.15, 0.2) is 0 Å². The Balaban J connectivity index is 0.000001000. The van der Waals surface area contributed by atoms with Crippen molar-refractivity contribution < 1.29 is 4.79 Å². The molecule has 0 saturated carbocycles. The lowest BCUT2D eigenvalue weighted by Gasteiger charge is -1.97. The lowest BCUT2D eigenvalue weighted by atomic mass is 10.4. The van der Waals surface area contributed by atoms with Gasteiger partial charge in [-0.1, -0.05) is 6.92 Å². The van der Waals surface area contributed by atoms with Gasteiger partial charge in [-0.05, 0) is 6.92 Å². The Morgan fingerprint density at radius 2 is 2.36 bits per heavy atom. The van der Waals surface area contributed by atoms with E-state index in [0.29, 0.717) is 6.42 Å². The number of rotatable bonds is 1. The molecule has 1 rings (SSSR count). The first-order chi connectivity index (χ1) is 4.75. The Hall–Kier alpha value is -0.640. The van der Waals surface area contributed by atoms with Crippen LogP contribution in [-0.4, -0.2) is 15.5 Å². The van der Waals surface area contributed by atoms with Crippen molar-refractivity contribution in [3.8, 4) is 0 Å². The van der Waals surface area contributed by atoms with Gasteiger partial charge >= 0.3 is 0 Å². The zero-order valence-corrected chi connectivity index (χ0v) is 8.29. The fourth-order valence-electron chi connectivity index (χ4n) is 0.812. The third-order valence-corrected chi connectivity index (χ3v) is 1.40. The number of halogens is 1. The summed E-state index contributed by atoms with van der Waals surface area (Å²) in [5, 5.41) is 0. The Bertz CT molecular complexity index is 244. The first-order valence-electron chi connectivity index (χ1n) is 3.29. The van der Waals surface area contributed by atoms with Crippen molar-refractivity contribution >= 4 is 22.9 Å². The van der Waals surface area contributed by atoms with Crippen molar-refractivity contribution in [2.75, 3.05) is 0 Å². The van der Waals surface area contributed by atoms with Crippen molar-refractivity contribution in [3.05, 3.63) is 18.2 Å². The maximum atomic E-state index is 11.0. The molecule has 3 nitrogen and oxygen atoms in total. The average Bonchev–Trinajstić information content (AvgIpc) is 2.34. The molecule has 11 heavy (non-hydrogen) atoms. The molecule has 0 aliphatic carbocycles. The highest BCUT2D eigenvalue weighted by atomic mass is 79.9. The number of carbonyl (C=O) groups is 1. The second-order valence-electron chi connectivity index (χ2n) is 2.09. The van der Waals surface area contributed by atoms with Gasteiger partial charge in [0.05, 0.1) is 0 Å². The van der Waals surface area contributed by atoms with Crippen LogP contribution in [0.5, 0.6) is 0 Å². The average molecular weight is 219 g/mol. The second-order valence-corrected chi connectivity index (χ2v) is 2.09.